The zero-order valence-corrected chi connectivity index (χ0v) is 16.0. The summed E-state index contributed by atoms with van der Waals surface area (Å²) in [6.45, 7) is 10.4. The summed E-state index contributed by atoms with van der Waals surface area (Å²) in [4.78, 5) is 16.6. The first kappa shape index (κ1) is 17.9. The van der Waals surface area contributed by atoms with Crippen molar-refractivity contribution in [1.29, 1.82) is 0 Å². The molecule has 2 aliphatic heterocycles. The van der Waals surface area contributed by atoms with Crippen molar-refractivity contribution in [3.63, 3.8) is 0 Å². The second-order valence-corrected chi connectivity index (χ2v) is 8.13. The van der Waals surface area contributed by atoms with Gasteiger partial charge in [0.25, 0.3) is 0 Å². The van der Waals surface area contributed by atoms with Gasteiger partial charge in [0.1, 0.15) is 5.82 Å². The van der Waals surface area contributed by atoms with Crippen LogP contribution < -0.4 is 16.4 Å². The highest BCUT2D eigenvalue weighted by molar-refractivity contribution is 5.45. The van der Waals surface area contributed by atoms with E-state index in [2.05, 4.69) is 37.7 Å². The summed E-state index contributed by atoms with van der Waals surface area (Å²) in [5.41, 5.74) is 13.0. The second kappa shape index (κ2) is 7.66. The Morgan fingerprint density at radius 2 is 1.73 bits per heavy atom. The first-order valence-electron chi connectivity index (χ1n) is 10.2. The maximum atomic E-state index is 5.99. The van der Waals surface area contributed by atoms with Crippen molar-refractivity contribution in [2.75, 3.05) is 56.4 Å². The number of rotatable bonds is 4. The molecule has 1 saturated carbocycles. The third-order valence-electron chi connectivity index (χ3n) is 6.50. The van der Waals surface area contributed by atoms with Crippen LogP contribution in [0.3, 0.4) is 0 Å². The van der Waals surface area contributed by atoms with Crippen molar-refractivity contribution in [1.82, 2.24) is 19.8 Å². The monoisotopic (exact) mass is 359 g/mol. The molecule has 4 rings (SSSR count). The van der Waals surface area contributed by atoms with Crippen LogP contribution in [0.5, 0.6) is 0 Å². The summed E-state index contributed by atoms with van der Waals surface area (Å²) in [6, 6.07) is 3.19. The molecule has 0 aromatic carbocycles. The van der Waals surface area contributed by atoms with E-state index in [4.69, 9.17) is 11.5 Å². The Balaban J connectivity index is 1.34. The topological polar surface area (TPSA) is 87.5 Å². The lowest BCUT2D eigenvalue weighted by Crippen LogP contribution is -2.53. The largest absolute Gasteiger partial charge is 0.368 e. The van der Waals surface area contributed by atoms with E-state index in [0.29, 0.717) is 23.9 Å². The van der Waals surface area contributed by atoms with Gasteiger partial charge in [0, 0.05) is 63.3 Å². The van der Waals surface area contributed by atoms with Crippen LogP contribution in [0.25, 0.3) is 0 Å². The number of hydrogen-bond donors (Lipinski definition) is 2. The number of nitrogen functional groups attached to an aromatic ring is 1. The Labute approximate surface area is 156 Å². The van der Waals surface area contributed by atoms with Crippen molar-refractivity contribution in [2.45, 2.75) is 50.6 Å². The number of hydrogen-bond acceptors (Lipinski definition) is 7. The Morgan fingerprint density at radius 1 is 1.04 bits per heavy atom. The molecule has 3 fully saturated rings. The van der Waals surface area contributed by atoms with E-state index >= 15 is 0 Å². The van der Waals surface area contributed by atoms with E-state index in [-0.39, 0.29) is 0 Å². The van der Waals surface area contributed by atoms with E-state index in [0.717, 1.165) is 37.4 Å². The molecule has 0 bridgehead atoms. The van der Waals surface area contributed by atoms with Crippen LogP contribution in [0, 0.1) is 0 Å². The molecular weight excluding hydrogens is 326 g/mol. The highest BCUT2D eigenvalue weighted by atomic mass is 15.3. The minimum atomic E-state index is 0.323. The minimum absolute atomic E-state index is 0.323. The van der Waals surface area contributed by atoms with Crippen molar-refractivity contribution in [3.05, 3.63) is 11.8 Å². The van der Waals surface area contributed by atoms with E-state index in [1.807, 2.05) is 0 Å². The molecule has 0 amide bonds. The lowest BCUT2D eigenvalue weighted by Gasteiger charge is -2.43. The minimum Gasteiger partial charge on any atom is -0.368 e. The Kier molecular flexibility index (Phi) is 5.29. The molecule has 7 heteroatoms. The number of piperazine rings is 1. The van der Waals surface area contributed by atoms with Crippen molar-refractivity contribution in [2.24, 2.45) is 5.73 Å². The zero-order valence-electron chi connectivity index (χ0n) is 16.0. The number of anilines is 2. The Bertz CT molecular complexity index is 600. The molecule has 0 unspecified atom stereocenters. The van der Waals surface area contributed by atoms with Gasteiger partial charge in [-0.2, -0.15) is 4.98 Å². The first-order valence-corrected chi connectivity index (χ1v) is 10.2. The summed E-state index contributed by atoms with van der Waals surface area (Å²) in [5, 5.41) is 0. The molecule has 2 saturated heterocycles. The Morgan fingerprint density at radius 3 is 2.35 bits per heavy atom. The third-order valence-corrected chi connectivity index (χ3v) is 6.50. The van der Waals surface area contributed by atoms with E-state index < -0.39 is 0 Å². The third kappa shape index (κ3) is 3.80. The molecule has 3 heterocycles. The molecule has 0 radical (unpaired) electrons. The number of aromatic nitrogens is 2. The predicted molar refractivity (Wildman–Crippen MR) is 105 cm³/mol. The van der Waals surface area contributed by atoms with E-state index in [9.17, 15) is 0 Å². The summed E-state index contributed by atoms with van der Waals surface area (Å²) in [5.74, 6) is 1.86. The molecule has 0 atom stereocenters. The molecule has 26 heavy (non-hydrogen) atoms. The normalized spacial score (nSPS) is 28.9. The fourth-order valence-corrected chi connectivity index (χ4v) is 4.65. The van der Waals surface area contributed by atoms with Crippen molar-refractivity contribution >= 4 is 11.8 Å². The smallest absolute Gasteiger partial charge is 0.222 e. The molecule has 3 aliphatic rings. The van der Waals surface area contributed by atoms with Gasteiger partial charge in [0.05, 0.1) is 5.69 Å². The quantitative estimate of drug-likeness (QED) is 0.825. The molecule has 1 aromatic heterocycles. The summed E-state index contributed by atoms with van der Waals surface area (Å²) in [6.07, 6.45) is 4.45. The first-order chi connectivity index (χ1) is 12.6. The SMILES string of the molecule is CCN1CCN(C2CCN(c3cc(C4CC(N)C4)nc(N)n3)CC2)CC1. The van der Waals surface area contributed by atoms with Gasteiger partial charge in [-0.3, -0.25) is 4.90 Å². The van der Waals surface area contributed by atoms with Gasteiger partial charge in [0.15, 0.2) is 0 Å². The molecule has 0 spiro atoms. The van der Waals surface area contributed by atoms with Crippen LogP contribution in [-0.2, 0) is 0 Å². The van der Waals surface area contributed by atoms with Gasteiger partial charge in [0.2, 0.25) is 5.95 Å². The highest BCUT2D eigenvalue weighted by Gasteiger charge is 2.31. The van der Waals surface area contributed by atoms with Crippen LogP contribution in [0.4, 0.5) is 11.8 Å². The lowest BCUT2D eigenvalue weighted by molar-refractivity contribution is 0.0878. The second-order valence-electron chi connectivity index (χ2n) is 8.13. The summed E-state index contributed by atoms with van der Waals surface area (Å²) < 4.78 is 0. The van der Waals surface area contributed by atoms with Crippen molar-refractivity contribution in [3.8, 4) is 0 Å². The average molecular weight is 360 g/mol. The standard InChI is InChI=1S/C19H33N7/c1-2-24-7-9-25(10-8-24)16-3-5-26(6-4-16)18-13-17(22-19(21)23-18)14-11-15(20)12-14/h13-16H,2-12,20H2,1H3,(H2,21,22,23). The molecule has 144 valence electrons. The van der Waals surface area contributed by atoms with Gasteiger partial charge >= 0.3 is 0 Å². The molecule has 4 N–H and O–H groups in total. The maximum Gasteiger partial charge on any atom is 0.222 e. The summed E-state index contributed by atoms with van der Waals surface area (Å²) >= 11 is 0. The number of nitrogens with two attached hydrogens (primary N) is 2. The molecule has 7 nitrogen and oxygen atoms in total. The average Bonchev–Trinajstić information content (AvgIpc) is 2.65. The van der Waals surface area contributed by atoms with Gasteiger partial charge in [-0.25, -0.2) is 4.98 Å². The number of piperidine rings is 1. The van der Waals surface area contributed by atoms with E-state index in [1.165, 1.54) is 45.6 Å². The van der Waals surface area contributed by atoms with Crippen LogP contribution in [0.15, 0.2) is 6.07 Å². The van der Waals surface area contributed by atoms with Gasteiger partial charge in [-0.1, -0.05) is 6.92 Å². The lowest BCUT2D eigenvalue weighted by atomic mass is 9.78. The van der Waals surface area contributed by atoms with E-state index in [1.54, 1.807) is 0 Å². The molecule has 1 aliphatic carbocycles. The number of nitrogens with zero attached hydrogens (tertiary/aromatic N) is 5. The van der Waals surface area contributed by atoms with Gasteiger partial charge < -0.3 is 21.3 Å². The van der Waals surface area contributed by atoms with Crippen LogP contribution >= 0.6 is 0 Å². The van der Waals surface area contributed by atoms with Gasteiger partial charge in [-0.15, -0.1) is 0 Å². The molecular formula is C19H33N7. The van der Waals surface area contributed by atoms with Gasteiger partial charge in [-0.05, 0) is 32.2 Å². The fraction of sp³-hybridized carbons (Fsp3) is 0.789. The Hall–Kier alpha value is -1.44. The fourth-order valence-electron chi connectivity index (χ4n) is 4.65. The summed E-state index contributed by atoms with van der Waals surface area (Å²) in [7, 11) is 0. The molecule has 1 aromatic rings. The highest BCUT2D eigenvalue weighted by Crippen LogP contribution is 2.36. The van der Waals surface area contributed by atoms with Crippen LogP contribution in [-0.4, -0.2) is 77.7 Å². The predicted octanol–water partition coefficient (Wildman–Crippen LogP) is 0.870. The zero-order chi connectivity index (χ0) is 18.1. The van der Waals surface area contributed by atoms with Crippen molar-refractivity contribution < 1.29 is 0 Å². The van der Waals surface area contributed by atoms with Crippen LogP contribution in [0.1, 0.15) is 44.2 Å². The van der Waals surface area contributed by atoms with Crippen LogP contribution in [0.2, 0.25) is 0 Å². The maximum absolute atomic E-state index is 5.99. The number of likely N-dealkylation sites (N-methyl/N-ethyl adjacent to an activating group) is 1.